The first kappa shape index (κ1) is 9.21. The van der Waals surface area contributed by atoms with Gasteiger partial charge < -0.3 is 9.72 Å². The van der Waals surface area contributed by atoms with Crippen LogP contribution in [0.5, 0.6) is 0 Å². The molecule has 2 aromatic rings. The number of rotatable bonds is 2. The highest BCUT2D eigenvalue weighted by Crippen LogP contribution is 2.13. The lowest BCUT2D eigenvalue weighted by Crippen LogP contribution is -2.08. The van der Waals surface area contributed by atoms with E-state index in [9.17, 15) is 0 Å². The van der Waals surface area contributed by atoms with Crippen LogP contribution in [0.15, 0.2) is 18.3 Å². The van der Waals surface area contributed by atoms with E-state index in [1.54, 1.807) is 0 Å². The summed E-state index contributed by atoms with van der Waals surface area (Å²) in [6, 6.07) is 4.27. The molecule has 0 saturated carbocycles. The fourth-order valence-corrected chi connectivity index (χ4v) is 1.70. The quantitative estimate of drug-likeness (QED) is 0.778. The van der Waals surface area contributed by atoms with Crippen molar-refractivity contribution in [2.24, 2.45) is 0 Å². The second-order valence-electron chi connectivity index (χ2n) is 3.60. The Morgan fingerprint density at radius 2 is 2.21 bits per heavy atom. The molecule has 0 radical (unpaired) electrons. The van der Waals surface area contributed by atoms with Crippen molar-refractivity contribution in [3.63, 3.8) is 0 Å². The van der Waals surface area contributed by atoms with Gasteiger partial charge in [-0.15, -0.1) is 0 Å². The Hall–Kier alpha value is -1.35. The Labute approximate surface area is 83.8 Å². The molecular formula is C11H15N3. The minimum atomic E-state index is 0.804. The molecule has 0 spiro atoms. The molecule has 0 saturated heterocycles. The summed E-state index contributed by atoms with van der Waals surface area (Å²) in [7, 11) is 1.94. The van der Waals surface area contributed by atoms with Gasteiger partial charge in [0.15, 0.2) is 0 Å². The second-order valence-corrected chi connectivity index (χ2v) is 3.60. The van der Waals surface area contributed by atoms with Gasteiger partial charge in [-0.25, -0.2) is 4.98 Å². The fraction of sp³-hybridized carbons (Fsp3) is 0.364. The van der Waals surface area contributed by atoms with Gasteiger partial charge in [-0.2, -0.15) is 0 Å². The maximum atomic E-state index is 4.52. The smallest absolute Gasteiger partial charge is 0.127 e. The lowest BCUT2D eigenvalue weighted by atomic mass is 10.2. The average molecular weight is 189 g/mol. The number of aryl methyl sites for hydroxylation is 2. The number of hydrogen-bond acceptors (Lipinski definition) is 2. The highest BCUT2D eigenvalue weighted by molar-refractivity contribution is 5.54. The molecule has 3 heteroatoms. The van der Waals surface area contributed by atoms with Gasteiger partial charge in [0.2, 0.25) is 0 Å². The first-order chi connectivity index (χ1) is 6.72. The number of fused-ring (bicyclic) bond motifs is 1. The van der Waals surface area contributed by atoms with Crippen LogP contribution < -0.4 is 5.32 Å². The zero-order chi connectivity index (χ0) is 10.1. The summed E-state index contributed by atoms with van der Waals surface area (Å²) in [5.41, 5.74) is 3.57. The number of imidazole rings is 1. The van der Waals surface area contributed by atoms with Crippen molar-refractivity contribution in [2.45, 2.75) is 20.4 Å². The highest BCUT2D eigenvalue weighted by Gasteiger charge is 2.06. The molecule has 2 rings (SSSR count). The minimum Gasteiger partial charge on any atom is -0.313 e. The topological polar surface area (TPSA) is 29.3 Å². The molecule has 0 fully saturated rings. The Morgan fingerprint density at radius 1 is 1.43 bits per heavy atom. The first-order valence-electron chi connectivity index (χ1n) is 4.81. The van der Waals surface area contributed by atoms with E-state index in [1.807, 2.05) is 14.0 Å². The summed E-state index contributed by atoms with van der Waals surface area (Å²) in [5.74, 6) is 1.07. The molecule has 74 valence electrons. The zero-order valence-electron chi connectivity index (χ0n) is 8.83. The highest BCUT2D eigenvalue weighted by atomic mass is 15.1. The molecule has 0 aliphatic carbocycles. The summed E-state index contributed by atoms with van der Waals surface area (Å²) in [6.45, 7) is 4.95. The Kier molecular flexibility index (Phi) is 2.25. The summed E-state index contributed by atoms with van der Waals surface area (Å²) in [5, 5.41) is 3.12. The first-order valence-corrected chi connectivity index (χ1v) is 4.81. The average Bonchev–Trinajstić information content (AvgIpc) is 2.44. The Balaban J connectivity index is 2.65. The Bertz CT molecular complexity index is 457. The summed E-state index contributed by atoms with van der Waals surface area (Å²) >= 11 is 0. The van der Waals surface area contributed by atoms with Crippen molar-refractivity contribution in [1.29, 1.82) is 0 Å². The van der Waals surface area contributed by atoms with Crippen molar-refractivity contribution >= 4 is 5.52 Å². The predicted octanol–water partition coefficient (Wildman–Crippen LogP) is 1.67. The maximum Gasteiger partial charge on any atom is 0.127 e. The predicted molar refractivity (Wildman–Crippen MR) is 57.4 cm³/mol. The number of nitrogens with one attached hydrogen (secondary N) is 1. The van der Waals surface area contributed by atoms with E-state index in [1.165, 1.54) is 11.1 Å². The summed E-state index contributed by atoms with van der Waals surface area (Å²) < 4.78 is 2.14. The van der Waals surface area contributed by atoms with Crippen LogP contribution in [0.3, 0.4) is 0 Å². The molecular weight excluding hydrogens is 174 g/mol. The normalized spacial score (nSPS) is 11.1. The Morgan fingerprint density at radius 3 is 2.93 bits per heavy atom. The molecule has 2 aromatic heterocycles. The van der Waals surface area contributed by atoms with Gasteiger partial charge in [0.25, 0.3) is 0 Å². The van der Waals surface area contributed by atoms with E-state index in [4.69, 9.17) is 0 Å². The van der Waals surface area contributed by atoms with E-state index in [2.05, 4.69) is 40.0 Å². The largest absolute Gasteiger partial charge is 0.313 e. The van der Waals surface area contributed by atoms with Crippen LogP contribution in [-0.4, -0.2) is 16.4 Å². The van der Waals surface area contributed by atoms with Crippen molar-refractivity contribution in [1.82, 2.24) is 14.7 Å². The lowest BCUT2D eigenvalue weighted by Gasteiger charge is -2.00. The molecule has 0 atom stereocenters. The fourth-order valence-electron chi connectivity index (χ4n) is 1.70. The molecule has 0 bridgehead atoms. The van der Waals surface area contributed by atoms with Gasteiger partial charge in [0.05, 0.1) is 17.8 Å². The number of hydrogen-bond donors (Lipinski definition) is 1. The van der Waals surface area contributed by atoms with Gasteiger partial charge >= 0.3 is 0 Å². The van der Waals surface area contributed by atoms with Gasteiger partial charge in [-0.3, -0.25) is 0 Å². The third-order valence-corrected chi connectivity index (χ3v) is 2.39. The van der Waals surface area contributed by atoms with Crippen molar-refractivity contribution in [3.05, 3.63) is 35.4 Å². The van der Waals surface area contributed by atoms with Gasteiger partial charge in [-0.1, -0.05) is 0 Å². The monoisotopic (exact) mass is 189 g/mol. The maximum absolute atomic E-state index is 4.52. The summed E-state index contributed by atoms with van der Waals surface area (Å²) in [4.78, 5) is 4.52. The van der Waals surface area contributed by atoms with Crippen LogP contribution in [0.1, 0.15) is 17.1 Å². The van der Waals surface area contributed by atoms with Crippen molar-refractivity contribution in [3.8, 4) is 0 Å². The van der Waals surface area contributed by atoms with Gasteiger partial charge in [0, 0.05) is 6.20 Å². The third kappa shape index (κ3) is 1.40. The van der Waals surface area contributed by atoms with E-state index in [0.717, 1.165) is 18.1 Å². The van der Waals surface area contributed by atoms with E-state index < -0.39 is 0 Å². The minimum absolute atomic E-state index is 0.804. The number of nitrogens with zero attached hydrogens (tertiary/aromatic N) is 2. The van der Waals surface area contributed by atoms with Gasteiger partial charge in [0.1, 0.15) is 5.82 Å². The van der Waals surface area contributed by atoms with E-state index in [0.29, 0.717) is 0 Å². The molecule has 0 aromatic carbocycles. The lowest BCUT2D eigenvalue weighted by molar-refractivity contribution is 0.753. The van der Waals surface area contributed by atoms with Gasteiger partial charge in [-0.05, 0) is 38.6 Å². The molecule has 3 nitrogen and oxygen atoms in total. The summed E-state index contributed by atoms with van der Waals surface area (Å²) in [6.07, 6.45) is 2.08. The van der Waals surface area contributed by atoms with Crippen LogP contribution in [-0.2, 0) is 6.54 Å². The molecule has 14 heavy (non-hydrogen) atoms. The van der Waals surface area contributed by atoms with Crippen LogP contribution in [0.4, 0.5) is 0 Å². The SMILES string of the molecule is CNCc1nc(C)c2cc(C)ccn12. The van der Waals surface area contributed by atoms with Crippen LogP contribution >= 0.6 is 0 Å². The molecule has 0 aliphatic rings. The molecule has 0 aliphatic heterocycles. The molecule has 0 amide bonds. The van der Waals surface area contributed by atoms with Crippen LogP contribution in [0.2, 0.25) is 0 Å². The molecule has 1 N–H and O–H groups in total. The number of aromatic nitrogens is 2. The van der Waals surface area contributed by atoms with Crippen molar-refractivity contribution in [2.75, 3.05) is 7.05 Å². The third-order valence-electron chi connectivity index (χ3n) is 2.39. The van der Waals surface area contributed by atoms with E-state index >= 15 is 0 Å². The second kappa shape index (κ2) is 3.42. The molecule has 2 heterocycles. The van der Waals surface area contributed by atoms with Crippen molar-refractivity contribution < 1.29 is 0 Å². The number of pyridine rings is 1. The standard InChI is InChI=1S/C11H15N3/c1-8-4-5-14-10(6-8)9(2)13-11(14)7-12-3/h4-6,12H,7H2,1-3H3. The van der Waals surface area contributed by atoms with E-state index in [-0.39, 0.29) is 0 Å². The van der Waals surface area contributed by atoms with Crippen LogP contribution in [0.25, 0.3) is 5.52 Å². The molecule has 0 unspecified atom stereocenters. The zero-order valence-corrected chi connectivity index (χ0v) is 8.83. The van der Waals surface area contributed by atoms with Crippen LogP contribution in [0, 0.1) is 13.8 Å².